The third-order valence-electron chi connectivity index (χ3n) is 1.39. The smallest absolute Gasteiger partial charge is 0.288 e. The third-order valence-corrected chi connectivity index (χ3v) is 1.39. The van der Waals surface area contributed by atoms with Crippen molar-refractivity contribution >= 4 is 11.7 Å². The first-order valence-corrected chi connectivity index (χ1v) is 4.65. The highest BCUT2D eigenvalue weighted by Crippen LogP contribution is 1.94. The van der Waals surface area contributed by atoms with Gasteiger partial charge in [0.15, 0.2) is 0 Å². The van der Waals surface area contributed by atoms with Crippen LogP contribution in [0.25, 0.3) is 0 Å². The van der Waals surface area contributed by atoms with E-state index in [1.165, 1.54) is 7.05 Å². The minimum atomic E-state index is -0.639. The normalized spacial score (nSPS) is 10.8. The number of ketones is 1. The van der Waals surface area contributed by atoms with Gasteiger partial charge in [0.1, 0.15) is 0 Å². The van der Waals surface area contributed by atoms with E-state index in [0.717, 1.165) is 6.42 Å². The summed E-state index contributed by atoms with van der Waals surface area (Å²) in [7, 11) is 1.42. The summed E-state index contributed by atoms with van der Waals surface area (Å²) in [5, 5.41) is 2.24. The van der Waals surface area contributed by atoms with Crippen LogP contribution in [-0.2, 0) is 9.59 Å². The molecule has 82 valence electrons. The maximum Gasteiger partial charge on any atom is 0.288 e. The molecule has 0 aliphatic carbocycles. The number of hydrogen-bond acceptors (Lipinski definition) is 3. The first-order valence-electron chi connectivity index (χ1n) is 4.65. The number of amides is 1. The van der Waals surface area contributed by atoms with Gasteiger partial charge in [0.25, 0.3) is 5.91 Å². The zero-order valence-electron chi connectivity index (χ0n) is 8.89. The lowest BCUT2D eigenvalue weighted by molar-refractivity contribution is -0.138. The summed E-state index contributed by atoms with van der Waals surface area (Å²) < 4.78 is 0. The Balaban J connectivity index is -0.000000142. The fourth-order valence-corrected chi connectivity index (χ4v) is 0.734. The summed E-state index contributed by atoms with van der Waals surface area (Å²) in [6.45, 7) is 5.91. The summed E-state index contributed by atoms with van der Waals surface area (Å²) >= 11 is 0. The number of carbonyl (C=O) groups is 2. The Kier molecular flexibility index (Phi) is 10.3. The lowest BCUT2D eigenvalue weighted by Crippen LogP contribution is -2.41. The van der Waals surface area contributed by atoms with Crippen molar-refractivity contribution in [3.63, 3.8) is 0 Å². The molecule has 0 heterocycles. The predicted octanol–water partition coefficient (Wildman–Crippen LogP) is 0.947. The molecule has 0 aromatic carbocycles. The van der Waals surface area contributed by atoms with E-state index in [1.54, 1.807) is 0 Å². The fraction of sp³-hybridized carbons (Fsp3) is 0.778. The van der Waals surface area contributed by atoms with Crippen molar-refractivity contribution in [2.24, 2.45) is 5.73 Å². The second-order valence-corrected chi connectivity index (χ2v) is 2.34. The van der Waals surface area contributed by atoms with E-state index in [9.17, 15) is 9.59 Å². The van der Waals surface area contributed by atoms with Crippen LogP contribution in [0.2, 0.25) is 0 Å². The van der Waals surface area contributed by atoms with Crippen molar-refractivity contribution in [2.45, 2.75) is 39.7 Å². The van der Waals surface area contributed by atoms with E-state index in [1.807, 2.05) is 20.8 Å². The van der Waals surface area contributed by atoms with Crippen molar-refractivity contribution in [1.82, 2.24) is 5.32 Å². The van der Waals surface area contributed by atoms with E-state index < -0.39 is 17.7 Å². The second-order valence-electron chi connectivity index (χ2n) is 2.34. The van der Waals surface area contributed by atoms with Crippen LogP contribution in [0, 0.1) is 0 Å². The van der Waals surface area contributed by atoms with Crippen molar-refractivity contribution in [3.05, 3.63) is 0 Å². The molecule has 0 saturated carbocycles. The number of nitrogens with two attached hydrogens (primary N) is 1. The van der Waals surface area contributed by atoms with E-state index in [-0.39, 0.29) is 2.85 Å². The van der Waals surface area contributed by atoms with Crippen LogP contribution in [0.3, 0.4) is 0 Å². The van der Waals surface area contributed by atoms with Gasteiger partial charge in [-0.15, -0.1) is 0 Å². The molecule has 3 N–H and O–H groups in total. The average molecular weight is 192 g/mol. The molecule has 0 aromatic heterocycles. The Morgan fingerprint density at radius 2 is 1.92 bits per heavy atom. The molecule has 0 saturated heterocycles. The van der Waals surface area contributed by atoms with Crippen molar-refractivity contribution in [1.29, 1.82) is 0 Å². The summed E-state index contributed by atoms with van der Waals surface area (Å²) in [4.78, 5) is 21.6. The molecule has 1 unspecified atom stereocenters. The van der Waals surface area contributed by atoms with Gasteiger partial charge in [0, 0.05) is 9.90 Å². The number of carbonyl (C=O) groups excluding carboxylic acids is 2. The zero-order valence-corrected chi connectivity index (χ0v) is 8.89. The molecule has 4 heteroatoms. The van der Waals surface area contributed by atoms with Gasteiger partial charge < -0.3 is 11.1 Å². The maximum atomic E-state index is 10.9. The van der Waals surface area contributed by atoms with Crippen LogP contribution >= 0.6 is 0 Å². The van der Waals surface area contributed by atoms with Crippen molar-refractivity contribution in [3.8, 4) is 0 Å². The number of hydrogen-bond donors (Lipinski definition) is 2. The first-order chi connectivity index (χ1) is 6.13. The Bertz CT molecular complexity index is 166. The highest BCUT2D eigenvalue weighted by atomic mass is 16.2. The van der Waals surface area contributed by atoms with Crippen LogP contribution in [-0.4, -0.2) is 24.8 Å². The standard InChI is InChI=1S/C7H14N2O2.C2H6.2H2/c1-3-4-5(8)6(10)7(11)9-2;1-2;;/h5H,3-4,8H2,1-2H3,(H,9,11);1-2H3;2*1H. The monoisotopic (exact) mass is 192 g/mol. The van der Waals surface area contributed by atoms with Gasteiger partial charge in [-0.25, -0.2) is 0 Å². The Morgan fingerprint density at radius 3 is 2.23 bits per heavy atom. The van der Waals surface area contributed by atoms with Gasteiger partial charge in [-0.2, -0.15) is 0 Å². The number of rotatable bonds is 4. The largest absolute Gasteiger partial charge is 0.353 e. The summed E-state index contributed by atoms with van der Waals surface area (Å²) in [6, 6.07) is -0.639. The van der Waals surface area contributed by atoms with Crippen LogP contribution in [0.15, 0.2) is 0 Å². The number of nitrogens with one attached hydrogen (secondary N) is 1. The molecule has 0 rings (SSSR count). The molecular weight excluding hydrogens is 168 g/mol. The van der Waals surface area contributed by atoms with Gasteiger partial charge in [0.2, 0.25) is 5.78 Å². The zero-order chi connectivity index (χ0) is 10.9. The first kappa shape index (κ1) is 14.6. The molecule has 0 aromatic rings. The highest BCUT2D eigenvalue weighted by Gasteiger charge is 2.18. The van der Waals surface area contributed by atoms with Gasteiger partial charge in [-0.05, 0) is 6.42 Å². The molecule has 0 spiro atoms. The minimum Gasteiger partial charge on any atom is -0.353 e. The lowest BCUT2D eigenvalue weighted by Gasteiger charge is -2.06. The number of Topliss-reactive ketones (excluding diaryl/α,β-unsaturated/α-hetero) is 1. The Hall–Kier alpha value is -0.900. The topological polar surface area (TPSA) is 72.2 Å². The van der Waals surface area contributed by atoms with Gasteiger partial charge in [-0.1, -0.05) is 27.2 Å². The third kappa shape index (κ3) is 6.28. The molecule has 0 aliphatic heterocycles. The predicted molar refractivity (Wildman–Crippen MR) is 57.5 cm³/mol. The fourth-order valence-electron chi connectivity index (χ4n) is 0.734. The quantitative estimate of drug-likeness (QED) is 0.651. The average Bonchev–Trinajstić information content (AvgIpc) is 2.19. The lowest BCUT2D eigenvalue weighted by atomic mass is 10.1. The highest BCUT2D eigenvalue weighted by molar-refractivity contribution is 6.38. The van der Waals surface area contributed by atoms with Crippen LogP contribution < -0.4 is 11.1 Å². The van der Waals surface area contributed by atoms with E-state index in [2.05, 4.69) is 5.32 Å². The van der Waals surface area contributed by atoms with Gasteiger partial charge in [0.05, 0.1) is 6.04 Å². The molecule has 0 fully saturated rings. The van der Waals surface area contributed by atoms with E-state index >= 15 is 0 Å². The summed E-state index contributed by atoms with van der Waals surface area (Å²) in [6.07, 6.45) is 1.37. The van der Waals surface area contributed by atoms with Gasteiger partial charge in [-0.3, -0.25) is 9.59 Å². The van der Waals surface area contributed by atoms with Crippen molar-refractivity contribution < 1.29 is 12.4 Å². The minimum absolute atomic E-state index is 0. The Labute approximate surface area is 82.8 Å². The molecule has 13 heavy (non-hydrogen) atoms. The van der Waals surface area contributed by atoms with E-state index in [4.69, 9.17) is 5.73 Å². The number of likely N-dealkylation sites (N-methyl/N-ethyl adjacent to an activating group) is 1. The molecular formula is C9H24N2O2. The maximum absolute atomic E-state index is 10.9. The molecule has 1 atom stereocenters. The van der Waals surface area contributed by atoms with Gasteiger partial charge >= 0.3 is 0 Å². The Morgan fingerprint density at radius 1 is 1.46 bits per heavy atom. The summed E-state index contributed by atoms with van der Waals surface area (Å²) in [5.41, 5.74) is 5.39. The molecule has 4 nitrogen and oxygen atoms in total. The van der Waals surface area contributed by atoms with Crippen LogP contribution in [0.5, 0.6) is 0 Å². The molecule has 0 bridgehead atoms. The molecule has 0 aliphatic rings. The van der Waals surface area contributed by atoms with Crippen LogP contribution in [0.1, 0.15) is 36.5 Å². The van der Waals surface area contributed by atoms with E-state index in [0.29, 0.717) is 6.42 Å². The van der Waals surface area contributed by atoms with Crippen LogP contribution in [0.4, 0.5) is 0 Å². The molecule has 1 amide bonds. The summed E-state index contributed by atoms with van der Waals surface area (Å²) in [5.74, 6) is -1.14. The second kappa shape index (κ2) is 9.19. The SMILES string of the molecule is CC.CCCC(N)C(=O)C(=O)NC.[HH].[HH]. The van der Waals surface area contributed by atoms with Crippen molar-refractivity contribution in [2.75, 3.05) is 7.05 Å². The molecule has 0 radical (unpaired) electrons.